The molecule has 0 aliphatic carbocycles. The first-order chi connectivity index (χ1) is 17.4. The van der Waals surface area contributed by atoms with Crippen LogP contribution >= 0.6 is 0 Å². The fourth-order valence-corrected chi connectivity index (χ4v) is 4.05. The molecule has 1 aliphatic heterocycles. The molecule has 1 aliphatic rings. The number of likely N-dealkylation sites (N-methyl/N-ethyl adjacent to an activating group) is 1. The Morgan fingerprint density at radius 3 is 2.61 bits per heavy atom. The lowest BCUT2D eigenvalue weighted by atomic mass is 10.1. The number of halogens is 2. The SMILES string of the molecule is CNC(=O)C1OC(n2cnc3c(NCc4ccccc4)nc(-c4cccc(F)c4F)nc32)C(O)C1O. The van der Waals surface area contributed by atoms with Crippen LogP contribution in [0.15, 0.2) is 54.9 Å². The Kier molecular flexibility index (Phi) is 6.31. The van der Waals surface area contributed by atoms with Crippen molar-refractivity contribution in [1.29, 1.82) is 0 Å². The molecule has 1 amide bonds. The quantitative estimate of drug-likeness (QED) is 0.317. The summed E-state index contributed by atoms with van der Waals surface area (Å²) in [6, 6.07) is 13.1. The van der Waals surface area contributed by atoms with Gasteiger partial charge in [0, 0.05) is 13.6 Å². The van der Waals surface area contributed by atoms with Crippen molar-refractivity contribution in [3.8, 4) is 11.4 Å². The number of hydrogen-bond acceptors (Lipinski definition) is 8. The van der Waals surface area contributed by atoms with E-state index in [9.17, 15) is 23.8 Å². The summed E-state index contributed by atoms with van der Waals surface area (Å²) in [4.78, 5) is 25.2. The monoisotopic (exact) mass is 496 g/mol. The number of nitrogens with zero attached hydrogens (tertiary/aromatic N) is 4. The lowest BCUT2D eigenvalue weighted by Gasteiger charge is -2.17. The number of hydrogen-bond donors (Lipinski definition) is 4. The highest BCUT2D eigenvalue weighted by Crippen LogP contribution is 2.34. The van der Waals surface area contributed by atoms with E-state index in [0.717, 1.165) is 11.6 Å². The lowest BCUT2D eigenvalue weighted by molar-refractivity contribution is -0.137. The van der Waals surface area contributed by atoms with Crippen LogP contribution in [0, 0.1) is 11.6 Å². The standard InChI is InChI=1S/C24H22F2N6O4/c1-27-23(35)19-17(33)18(34)24(36-19)32-11-29-16-21(28-10-12-6-3-2-4-7-12)30-20(31-22(16)32)13-8-5-9-14(25)15(13)26/h2-9,11,17-19,24,33-34H,10H2,1H3,(H,27,35)(H,28,30,31). The maximum Gasteiger partial charge on any atom is 0.251 e. The van der Waals surface area contributed by atoms with E-state index < -0.39 is 42.1 Å². The van der Waals surface area contributed by atoms with Crippen LogP contribution in [0.25, 0.3) is 22.6 Å². The maximum absolute atomic E-state index is 14.6. The number of benzene rings is 2. The Bertz CT molecular complexity index is 1420. The molecule has 1 saturated heterocycles. The summed E-state index contributed by atoms with van der Waals surface area (Å²) in [6.45, 7) is 0.352. The number of carbonyl (C=O) groups excluding carboxylic acids is 1. The number of aromatic nitrogens is 4. The smallest absolute Gasteiger partial charge is 0.251 e. The van der Waals surface area contributed by atoms with Crippen molar-refractivity contribution in [3.63, 3.8) is 0 Å². The van der Waals surface area contributed by atoms with Crippen molar-refractivity contribution in [1.82, 2.24) is 24.8 Å². The Hall–Kier alpha value is -4.00. The Labute approximate surface area is 203 Å². The third kappa shape index (κ3) is 4.15. The Balaban J connectivity index is 1.61. The van der Waals surface area contributed by atoms with E-state index in [1.165, 1.54) is 30.1 Å². The second kappa shape index (κ2) is 9.57. The summed E-state index contributed by atoms with van der Waals surface area (Å²) in [6.07, 6.45) is -4.25. The van der Waals surface area contributed by atoms with Gasteiger partial charge in [-0.25, -0.2) is 23.7 Å². The van der Waals surface area contributed by atoms with Gasteiger partial charge in [-0.3, -0.25) is 9.36 Å². The number of aliphatic hydroxyl groups excluding tert-OH is 2. The van der Waals surface area contributed by atoms with E-state index in [4.69, 9.17) is 4.74 Å². The second-order valence-corrected chi connectivity index (χ2v) is 8.20. The third-order valence-corrected chi connectivity index (χ3v) is 5.93. The zero-order valence-electron chi connectivity index (χ0n) is 19.0. The molecule has 0 spiro atoms. The molecule has 3 heterocycles. The van der Waals surface area contributed by atoms with Gasteiger partial charge in [-0.1, -0.05) is 36.4 Å². The van der Waals surface area contributed by atoms with E-state index in [0.29, 0.717) is 6.54 Å². The van der Waals surface area contributed by atoms with Crippen LogP contribution in [0.5, 0.6) is 0 Å². The molecule has 2 aromatic heterocycles. The molecule has 1 fully saturated rings. The molecule has 4 aromatic rings. The Morgan fingerprint density at radius 2 is 1.86 bits per heavy atom. The van der Waals surface area contributed by atoms with Gasteiger partial charge in [0.1, 0.15) is 12.2 Å². The van der Waals surface area contributed by atoms with E-state index in [1.54, 1.807) is 0 Å². The van der Waals surface area contributed by atoms with E-state index in [2.05, 4.69) is 25.6 Å². The van der Waals surface area contributed by atoms with Gasteiger partial charge >= 0.3 is 0 Å². The topological polar surface area (TPSA) is 134 Å². The number of carbonyl (C=O) groups is 1. The number of fused-ring (bicyclic) bond motifs is 1. The van der Waals surface area contributed by atoms with Gasteiger partial charge in [-0.2, -0.15) is 0 Å². The molecule has 0 bridgehead atoms. The van der Waals surface area contributed by atoms with Crippen molar-refractivity contribution < 1.29 is 28.5 Å². The summed E-state index contributed by atoms with van der Waals surface area (Å²) in [5.41, 5.74) is 1.14. The molecule has 4 unspecified atom stereocenters. The first-order valence-corrected chi connectivity index (χ1v) is 11.1. The average Bonchev–Trinajstić information content (AvgIpc) is 3.45. The number of rotatable bonds is 6. The van der Waals surface area contributed by atoms with Crippen molar-refractivity contribution in [2.45, 2.75) is 31.1 Å². The molecule has 5 rings (SSSR count). The largest absolute Gasteiger partial charge is 0.387 e. The number of ether oxygens (including phenoxy) is 1. The lowest BCUT2D eigenvalue weighted by Crippen LogP contribution is -2.41. The molecule has 4 atom stereocenters. The molecule has 4 N–H and O–H groups in total. The number of anilines is 1. The number of imidazole rings is 1. The molecular weight excluding hydrogens is 474 g/mol. The van der Waals surface area contributed by atoms with Crippen LogP contribution in [0.2, 0.25) is 0 Å². The van der Waals surface area contributed by atoms with Gasteiger partial charge < -0.3 is 25.6 Å². The fraction of sp³-hybridized carbons (Fsp3) is 0.250. The highest BCUT2D eigenvalue weighted by Gasteiger charge is 2.47. The van der Waals surface area contributed by atoms with Gasteiger partial charge in [-0.05, 0) is 17.7 Å². The fourth-order valence-electron chi connectivity index (χ4n) is 4.05. The van der Waals surface area contributed by atoms with E-state index in [-0.39, 0.29) is 28.4 Å². The number of aliphatic hydroxyl groups is 2. The van der Waals surface area contributed by atoms with Crippen LogP contribution in [0.3, 0.4) is 0 Å². The first-order valence-electron chi connectivity index (χ1n) is 11.1. The van der Waals surface area contributed by atoms with E-state index in [1.807, 2.05) is 30.3 Å². The van der Waals surface area contributed by atoms with Crippen molar-refractivity contribution >= 4 is 22.9 Å². The third-order valence-electron chi connectivity index (χ3n) is 5.93. The van der Waals surface area contributed by atoms with Crippen LogP contribution in [-0.2, 0) is 16.1 Å². The van der Waals surface area contributed by atoms with Crippen LogP contribution in [0.4, 0.5) is 14.6 Å². The van der Waals surface area contributed by atoms with Crippen molar-refractivity contribution in [2.24, 2.45) is 0 Å². The number of amides is 1. The van der Waals surface area contributed by atoms with Gasteiger partial charge in [0.15, 0.2) is 46.8 Å². The summed E-state index contributed by atoms with van der Waals surface area (Å²) in [7, 11) is 1.38. The summed E-state index contributed by atoms with van der Waals surface area (Å²) < 4.78 is 35.6. The minimum atomic E-state index is -1.51. The Morgan fingerprint density at radius 1 is 1.08 bits per heavy atom. The van der Waals surface area contributed by atoms with Gasteiger partial charge in [-0.15, -0.1) is 0 Å². The molecule has 0 radical (unpaired) electrons. The zero-order valence-corrected chi connectivity index (χ0v) is 19.0. The zero-order chi connectivity index (χ0) is 25.4. The van der Waals surface area contributed by atoms with Gasteiger partial charge in [0.25, 0.3) is 5.91 Å². The number of nitrogens with one attached hydrogen (secondary N) is 2. The predicted octanol–water partition coefficient (Wildman–Crippen LogP) is 1.75. The summed E-state index contributed by atoms with van der Waals surface area (Å²) in [5.74, 6) is -2.69. The van der Waals surface area contributed by atoms with Gasteiger partial charge in [0.05, 0.1) is 11.9 Å². The van der Waals surface area contributed by atoms with E-state index >= 15 is 0 Å². The second-order valence-electron chi connectivity index (χ2n) is 8.20. The molecule has 0 saturated carbocycles. The minimum absolute atomic E-state index is 0.119. The van der Waals surface area contributed by atoms with Crippen molar-refractivity contribution in [3.05, 3.63) is 72.1 Å². The normalized spacial score (nSPS) is 21.6. The minimum Gasteiger partial charge on any atom is -0.387 e. The highest BCUT2D eigenvalue weighted by atomic mass is 19.2. The highest BCUT2D eigenvalue weighted by molar-refractivity contribution is 5.85. The van der Waals surface area contributed by atoms with Gasteiger partial charge in [0.2, 0.25) is 0 Å². The molecule has 12 heteroatoms. The predicted molar refractivity (Wildman–Crippen MR) is 124 cm³/mol. The van der Waals surface area contributed by atoms with Crippen LogP contribution < -0.4 is 10.6 Å². The summed E-state index contributed by atoms with van der Waals surface area (Å²) in [5, 5.41) is 26.5. The first kappa shape index (κ1) is 23.7. The molecule has 186 valence electrons. The molecule has 10 nitrogen and oxygen atoms in total. The molecular formula is C24H22F2N6O4. The maximum atomic E-state index is 14.6. The molecule has 36 heavy (non-hydrogen) atoms. The average molecular weight is 496 g/mol. The molecule has 2 aromatic carbocycles. The van der Waals surface area contributed by atoms with Crippen molar-refractivity contribution in [2.75, 3.05) is 12.4 Å². The summed E-state index contributed by atoms with van der Waals surface area (Å²) >= 11 is 0. The van der Waals surface area contributed by atoms with Crippen LogP contribution in [-0.4, -0.2) is 61.0 Å². The van der Waals surface area contributed by atoms with Crippen LogP contribution in [0.1, 0.15) is 11.8 Å².